The van der Waals surface area contributed by atoms with E-state index in [1.807, 2.05) is 6.92 Å². The average molecular weight is 498 g/mol. The Balaban J connectivity index is 1.78. The number of carbonyl (C=O) groups excluding carboxylic acids is 2. The van der Waals surface area contributed by atoms with Crippen LogP contribution in [0.5, 0.6) is 5.75 Å². The third-order valence-electron chi connectivity index (χ3n) is 5.62. The maximum absolute atomic E-state index is 13.2. The molecule has 0 heterocycles. The molecule has 1 aliphatic rings. The van der Waals surface area contributed by atoms with Crippen molar-refractivity contribution in [3.63, 3.8) is 0 Å². The van der Waals surface area contributed by atoms with E-state index < -0.39 is 6.04 Å². The van der Waals surface area contributed by atoms with E-state index in [0.29, 0.717) is 32.8 Å². The van der Waals surface area contributed by atoms with Gasteiger partial charge >= 0.3 is 0 Å². The number of carbonyl (C=O) groups is 2. The average Bonchev–Trinajstić information content (AvgIpc) is 3.27. The Morgan fingerprint density at radius 1 is 1.06 bits per heavy atom. The van der Waals surface area contributed by atoms with Gasteiger partial charge in [0.05, 0.1) is 0 Å². The normalized spacial score (nSPS) is 14.8. The van der Waals surface area contributed by atoms with Crippen LogP contribution in [-0.2, 0) is 16.1 Å². The summed E-state index contributed by atoms with van der Waals surface area (Å²) in [6.07, 6.45) is 4.63. The first-order valence-electron chi connectivity index (χ1n) is 10.8. The van der Waals surface area contributed by atoms with Crippen molar-refractivity contribution in [3.8, 4) is 5.75 Å². The molecule has 1 N–H and O–H groups in total. The van der Waals surface area contributed by atoms with Crippen LogP contribution < -0.4 is 10.1 Å². The van der Waals surface area contributed by atoms with Crippen LogP contribution in [0.25, 0.3) is 0 Å². The first kappa shape index (κ1) is 24.7. The summed E-state index contributed by atoms with van der Waals surface area (Å²) >= 11 is 18.3. The van der Waals surface area contributed by atoms with Crippen molar-refractivity contribution in [3.05, 3.63) is 63.1 Å². The molecule has 0 bridgehead atoms. The van der Waals surface area contributed by atoms with E-state index in [-0.39, 0.29) is 31.0 Å². The number of halogens is 3. The monoisotopic (exact) mass is 496 g/mol. The fraction of sp³-hybridized carbons (Fsp3) is 0.417. The van der Waals surface area contributed by atoms with Gasteiger partial charge in [0.25, 0.3) is 5.91 Å². The smallest absolute Gasteiger partial charge is 0.261 e. The van der Waals surface area contributed by atoms with Crippen LogP contribution in [-0.4, -0.2) is 35.4 Å². The highest BCUT2D eigenvalue weighted by atomic mass is 35.5. The quantitative estimate of drug-likeness (QED) is 0.470. The zero-order valence-corrected chi connectivity index (χ0v) is 20.2. The third kappa shape index (κ3) is 6.77. The van der Waals surface area contributed by atoms with E-state index in [4.69, 9.17) is 39.5 Å². The maximum atomic E-state index is 13.2. The van der Waals surface area contributed by atoms with Gasteiger partial charge in [-0.3, -0.25) is 9.59 Å². The molecule has 0 aromatic heterocycles. The van der Waals surface area contributed by atoms with Crippen LogP contribution in [0.3, 0.4) is 0 Å². The Labute approximate surface area is 204 Å². The number of nitrogens with zero attached hydrogens (tertiary/aromatic N) is 1. The predicted octanol–water partition coefficient (Wildman–Crippen LogP) is 5.89. The second kappa shape index (κ2) is 11.8. The van der Waals surface area contributed by atoms with E-state index in [0.717, 1.165) is 25.7 Å². The lowest BCUT2D eigenvalue weighted by Gasteiger charge is -2.31. The summed E-state index contributed by atoms with van der Waals surface area (Å²) in [5, 5.41) is 4.65. The van der Waals surface area contributed by atoms with Crippen molar-refractivity contribution in [2.45, 2.75) is 57.7 Å². The molecule has 32 heavy (non-hydrogen) atoms. The van der Waals surface area contributed by atoms with Crippen LogP contribution in [0.4, 0.5) is 0 Å². The van der Waals surface area contributed by atoms with Crippen molar-refractivity contribution in [2.75, 3.05) is 6.61 Å². The lowest BCUT2D eigenvalue weighted by Crippen LogP contribution is -2.52. The first-order valence-corrected chi connectivity index (χ1v) is 11.9. The van der Waals surface area contributed by atoms with Crippen LogP contribution >= 0.6 is 34.8 Å². The van der Waals surface area contributed by atoms with E-state index in [1.54, 1.807) is 42.5 Å². The molecule has 1 atom stereocenters. The van der Waals surface area contributed by atoms with Gasteiger partial charge in [-0.15, -0.1) is 0 Å². The summed E-state index contributed by atoms with van der Waals surface area (Å²) in [5.41, 5.74) is 0.711. The number of amides is 2. The molecule has 0 saturated heterocycles. The SMILES string of the molecule is CC[C@H](C(=O)NC1CCCC1)N(Cc1ccc(Cl)cc1Cl)C(=O)COc1ccc(Cl)cc1. The van der Waals surface area contributed by atoms with E-state index >= 15 is 0 Å². The maximum Gasteiger partial charge on any atom is 0.261 e. The molecule has 0 spiro atoms. The Kier molecular flexibility index (Phi) is 9.09. The summed E-state index contributed by atoms with van der Waals surface area (Å²) in [7, 11) is 0. The first-order chi connectivity index (χ1) is 15.4. The van der Waals surface area contributed by atoms with Crippen LogP contribution in [0.15, 0.2) is 42.5 Å². The number of rotatable bonds is 9. The molecule has 2 aromatic rings. The fourth-order valence-electron chi connectivity index (χ4n) is 3.88. The highest BCUT2D eigenvalue weighted by Crippen LogP contribution is 2.25. The number of hydrogen-bond acceptors (Lipinski definition) is 3. The number of ether oxygens (including phenoxy) is 1. The fourth-order valence-corrected chi connectivity index (χ4v) is 4.47. The molecule has 8 heteroatoms. The molecule has 3 rings (SSSR count). The third-order valence-corrected chi connectivity index (χ3v) is 6.46. The van der Waals surface area contributed by atoms with Crippen molar-refractivity contribution >= 4 is 46.6 Å². The molecule has 1 fully saturated rings. The van der Waals surface area contributed by atoms with Crippen molar-refractivity contribution < 1.29 is 14.3 Å². The molecule has 1 saturated carbocycles. The molecule has 172 valence electrons. The summed E-state index contributed by atoms with van der Waals surface area (Å²) < 4.78 is 5.66. The molecular formula is C24H27Cl3N2O3. The van der Waals surface area contributed by atoms with Gasteiger partial charge < -0.3 is 15.0 Å². The van der Waals surface area contributed by atoms with Gasteiger partial charge in [0.1, 0.15) is 11.8 Å². The van der Waals surface area contributed by atoms with Gasteiger partial charge in [0, 0.05) is 27.7 Å². The summed E-state index contributed by atoms with van der Waals surface area (Å²) in [6, 6.07) is 11.4. The second-order valence-electron chi connectivity index (χ2n) is 7.91. The standard InChI is InChI=1S/C24H27Cl3N2O3/c1-2-22(24(31)28-19-5-3-4-6-19)29(14-16-7-8-18(26)13-21(16)27)23(30)15-32-20-11-9-17(25)10-12-20/h7-13,19,22H,2-6,14-15H2,1H3,(H,28,31)/t22-/m1/s1. The molecule has 2 amide bonds. The Hall–Kier alpha value is -1.95. The number of nitrogens with one attached hydrogen (secondary N) is 1. The van der Waals surface area contributed by atoms with Crippen LogP contribution in [0.1, 0.15) is 44.6 Å². The minimum absolute atomic E-state index is 0.149. The largest absolute Gasteiger partial charge is 0.484 e. The topological polar surface area (TPSA) is 58.6 Å². The molecule has 0 unspecified atom stereocenters. The number of hydrogen-bond donors (Lipinski definition) is 1. The van der Waals surface area contributed by atoms with E-state index in [2.05, 4.69) is 5.32 Å². The summed E-state index contributed by atoms with van der Waals surface area (Å²) in [4.78, 5) is 27.9. The molecule has 2 aromatic carbocycles. The van der Waals surface area contributed by atoms with E-state index in [9.17, 15) is 9.59 Å². The Bertz CT molecular complexity index is 931. The second-order valence-corrected chi connectivity index (χ2v) is 9.19. The lowest BCUT2D eigenvalue weighted by atomic mass is 10.1. The zero-order chi connectivity index (χ0) is 23.1. The molecule has 0 radical (unpaired) electrons. The van der Waals surface area contributed by atoms with Gasteiger partial charge in [0.15, 0.2) is 6.61 Å². The van der Waals surface area contributed by atoms with Gasteiger partial charge in [-0.2, -0.15) is 0 Å². The molecule has 5 nitrogen and oxygen atoms in total. The van der Waals surface area contributed by atoms with Gasteiger partial charge in [-0.25, -0.2) is 0 Å². The Morgan fingerprint density at radius 2 is 1.72 bits per heavy atom. The highest BCUT2D eigenvalue weighted by molar-refractivity contribution is 6.35. The lowest BCUT2D eigenvalue weighted by molar-refractivity contribution is -0.143. The molecule has 1 aliphatic carbocycles. The van der Waals surface area contributed by atoms with E-state index in [1.165, 1.54) is 4.90 Å². The van der Waals surface area contributed by atoms with Crippen LogP contribution in [0.2, 0.25) is 15.1 Å². The van der Waals surface area contributed by atoms with Crippen molar-refractivity contribution in [2.24, 2.45) is 0 Å². The minimum atomic E-state index is -0.635. The molecular weight excluding hydrogens is 471 g/mol. The van der Waals surface area contributed by atoms with Gasteiger partial charge in [0.2, 0.25) is 5.91 Å². The van der Waals surface area contributed by atoms with Gasteiger partial charge in [-0.1, -0.05) is 60.6 Å². The van der Waals surface area contributed by atoms with Crippen LogP contribution in [0, 0.1) is 0 Å². The summed E-state index contributed by atoms with van der Waals surface area (Å²) in [5.74, 6) is 0.0689. The molecule has 0 aliphatic heterocycles. The van der Waals surface area contributed by atoms with Crippen molar-refractivity contribution in [1.29, 1.82) is 0 Å². The summed E-state index contributed by atoms with van der Waals surface area (Å²) in [6.45, 7) is 1.86. The Morgan fingerprint density at radius 3 is 2.34 bits per heavy atom. The predicted molar refractivity (Wildman–Crippen MR) is 128 cm³/mol. The highest BCUT2D eigenvalue weighted by Gasteiger charge is 2.31. The zero-order valence-electron chi connectivity index (χ0n) is 18.0. The van der Waals surface area contributed by atoms with Crippen molar-refractivity contribution in [1.82, 2.24) is 10.2 Å². The van der Waals surface area contributed by atoms with Gasteiger partial charge in [-0.05, 0) is 61.2 Å². The minimum Gasteiger partial charge on any atom is -0.484 e. The number of benzene rings is 2.